The number of anilines is 1. The molecule has 1 aromatic heterocycles. The number of benzene rings is 1. The van der Waals surface area contributed by atoms with Gasteiger partial charge in [-0.2, -0.15) is 18.3 Å². The van der Waals surface area contributed by atoms with Gasteiger partial charge in [-0.25, -0.2) is 4.79 Å². The smallest absolute Gasteiger partial charge is 0.475 e. The molecule has 34 heavy (non-hydrogen) atoms. The molecule has 1 amide bonds. The molecular formula is C24H31F3N4O3. The number of rotatable bonds is 5. The first-order valence-corrected chi connectivity index (χ1v) is 11.6. The molecule has 1 aliphatic heterocycles. The lowest BCUT2D eigenvalue weighted by Crippen LogP contribution is -2.41. The number of nitrogens with one attached hydrogen (secondary N) is 1. The zero-order chi connectivity index (χ0) is 24.9. The maximum absolute atomic E-state index is 12.7. The lowest BCUT2D eigenvalue weighted by Gasteiger charge is -2.36. The molecule has 2 N–H and O–H groups in total. The number of hydrogen-bond acceptors (Lipinski definition) is 4. The normalized spacial score (nSPS) is 16.5. The van der Waals surface area contributed by atoms with Crippen LogP contribution in [0, 0.1) is 0 Å². The van der Waals surface area contributed by atoms with E-state index in [9.17, 15) is 18.0 Å². The molecule has 186 valence electrons. The summed E-state index contributed by atoms with van der Waals surface area (Å²) >= 11 is 0. The van der Waals surface area contributed by atoms with E-state index in [1.807, 2.05) is 19.2 Å². The number of carbonyl (C=O) groups is 2. The second kappa shape index (κ2) is 11.0. The van der Waals surface area contributed by atoms with Crippen LogP contribution in [0.3, 0.4) is 0 Å². The standard InChI is InChI=1S/C22H30N4O.C2HF3O2/c1-3-5-19-15-21(25(2)24-19)22(27)23-18-9-8-16-10-12-26(20-6-4-7-20)13-11-17(16)14-18;3-2(4,5)1(6)7/h8-9,14-15,20H,3-7,10-13H2,1-2H3,(H,23,27);(H,6,7). The third-order valence-corrected chi connectivity index (χ3v) is 6.30. The molecule has 10 heteroatoms. The van der Waals surface area contributed by atoms with Crippen LogP contribution in [-0.4, -0.2) is 57.0 Å². The summed E-state index contributed by atoms with van der Waals surface area (Å²) in [5.41, 5.74) is 5.29. The van der Waals surface area contributed by atoms with Gasteiger partial charge < -0.3 is 10.4 Å². The van der Waals surface area contributed by atoms with E-state index in [1.165, 1.54) is 36.9 Å². The molecule has 1 aromatic carbocycles. The average Bonchev–Trinajstić information content (AvgIpc) is 2.97. The van der Waals surface area contributed by atoms with E-state index in [4.69, 9.17) is 9.90 Å². The van der Waals surface area contributed by atoms with Gasteiger partial charge in [-0.3, -0.25) is 14.4 Å². The van der Waals surface area contributed by atoms with Gasteiger partial charge in [-0.05, 0) is 61.4 Å². The van der Waals surface area contributed by atoms with Crippen LogP contribution in [0.5, 0.6) is 0 Å². The molecule has 1 aliphatic carbocycles. The SMILES string of the molecule is CCCc1cc(C(=O)Nc2ccc3c(c2)CCN(C2CCC2)CC3)n(C)n1.O=C(O)C(F)(F)F. The molecule has 0 bridgehead atoms. The number of aryl methyl sites for hydroxylation is 2. The number of fused-ring (bicyclic) bond motifs is 1. The highest BCUT2D eigenvalue weighted by Crippen LogP contribution is 2.28. The second-order valence-corrected chi connectivity index (χ2v) is 8.76. The van der Waals surface area contributed by atoms with Gasteiger partial charge in [0.2, 0.25) is 0 Å². The fraction of sp³-hybridized carbons (Fsp3) is 0.542. The van der Waals surface area contributed by atoms with Gasteiger partial charge in [0.05, 0.1) is 5.69 Å². The Morgan fingerprint density at radius 3 is 2.35 bits per heavy atom. The minimum Gasteiger partial charge on any atom is -0.475 e. The van der Waals surface area contributed by atoms with Crippen LogP contribution in [0.1, 0.15) is 59.9 Å². The number of alkyl halides is 3. The van der Waals surface area contributed by atoms with Crippen molar-refractivity contribution >= 4 is 17.6 Å². The van der Waals surface area contributed by atoms with E-state index in [-0.39, 0.29) is 5.91 Å². The van der Waals surface area contributed by atoms with Crippen molar-refractivity contribution in [1.82, 2.24) is 14.7 Å². The number of carboxylic acid groups (broad SMARTS) is 1. The van der Waals surface area contributed by atoms with Crippen LogP contribution in [0.25, 0.3) is 0 Å². The molecule has 0 spiro atoms. The average molecular weight is 481 g/mol. The van der Waals surface area contributed by atoms with Crippen LogP contribution in [-0.2, 0) is 31.1 Å². The Balaban J connectivity index is 0.000000406. The first kappa shape index (κ1) is 25.7. The third-order valence-electron chi connectivity index (χ3n) is 6.30. The highest BCUT2D eigenvalue weighted by Gasteiger charge is 2.38. The van der Waals surface area contributed by atoms with Crippen molar-refractivity contribution in [1.29, 1.82) is 0 Å². The Bertz CT molecular complexity index is 1020. The number of aliphatic carboxylic acids is 1. The van der Waals surface area contributed by atoms with Gasteiger partial charge in [0.1, 0.15) is 5.69 Å². The molecule has 7 nitrogen and oxygen atoms in total. The molecule has 1 fully saturated rings. The van der Waals surface area contributed by atoms with Crippen LogP contribution >= 0.6 is 0 Å². The number of nitrogens with zero attached hydrogens (tertiary/aromatic N) is 3. The number of aromatic nitrogens is 2. The number of amides is 1. The Labute approximate surface area is 196 Å². The van der Waals surface area contributed by atoms with Gasteiger partial charge >= 0.3 is 12.1 Å². The van der Waals surface area contributed by atoms with E-state index in [2.05, 4.69) is 34.4 Å². The molecule has 0 unspecified atom stereocenters. The van der Waals surface area contributed by atoms with Crippen LogP contribution in [0.4, 0.5) is 18.9 Å². The second-order valence-electron chi connectivity index (χ2n) is 8.76. The molecule has 4 rings (SSSR count). The van der Waals surface area contributed by atoms with Gasteiger partial charge in [-0.1, -0.05) is 25.8 Å². The monoisotopic (exact) mass is 480 g/mol. The number of halogens is 3. The van der Waals surface area contributed by atoms with Crippen LogP contribution in [0.2, 0.25) is 0 Å². The highest BCUT2D eigenvalue weighted by molar-refractivity contribution is 6.03. The van der Waals surface area contributed by atoms with Crippen molar-refractivity contribution in [2.75, 3.05) is 18.4 Å². The summed E-state index contributed by atoms with van der Waals surface area (Å²) in [6.45, 7) is 4.42. The molecule has 2 aliphatic rings. The van der Waals surface area contributed by atoms with Crippen LogP contribution in [0.15, 0.2) is 24.3 Å². The number of carbonyl (C=O) groups excluding carboxylic acids is 1. The van der Waals surface area contributed by atoms with Crippen molar-refractivity contribution < 1.29 is 27.9 Å². The summed E-state index contributed by atoms with van der Waals surface area (Å²) in [7, 11) is 1.83. The fourth-order valence-electron chi connectivity index (χ4n) is 4.25. The first-order valence-electron chi connectivity index (χ1n) is 11.6. The van der Waals surface area contributed by atoms with E-state index >= 15 is 0 Å². The number of hydrogen-bond donors (Lipinski definition) is 2. The Hall–Kier alpha value is -2.88. The molecule has 1 saturated carbocycles. The Morgan fingerprint density at radius 1 is 1.15 bits per heavy atom. The maximum atomic E-state index is 12.7. The van der Waals surface area contributed by atoms with E-state index < -0.39 is 12.1 Å². The van der Waals surface area contributed by atoms with Crippen molar-refractivity contribution in [3.63, 3.8) is 0 Å². The molecule has 0 atom stereocenters. The summed E-state index contributed by atoms with van der Waals surface area (Å²) in [6, 6.07) is 9.11. The predicted octanol–water partition coefficient (Wildman–Crippen LogP) is 4.21. The third kappa shape index (κ3) is 6.59. The predicted molar refractivity (Wildman–Crippen MR) is 122 cm³/mol. The Kier molecular flexibility index (Phi) is 8.35. The molecule has 2 aromatic rings. The lowest BCUT2D eigenvalue weighted by molar-refractivity contribution is -0.192. The zero-order valence-corrected chi connectivity index (χ0v) is 19.5. The van der Waals surface area contributed by atoms with E-state index in [1.54, 1.807) is 4.68 Å². The quantitative estimate of drug-likeness (QED) is 0.670. The summed E-state index contributed by atoms with van der Waals surface area (Å²) in [5.74, 6) is -2.84. The summed E-state index contributed by atoms with van der Waals surface area (Å²) in [5, 5.41) is 14.6. The lowest BCUT2D eigenvalue weighted by atomic mass is 9.91. The minimum atomic E-state index is -5.08. The molecule has 2 heterocycles. The van der Waals surface area contributed by atoms with Crippen molar-refractivity contribution in [3.05, 3.63) is 46.8 Å². The molecule has 0 saturated heterocycles. The van der Waals surface area contributed by atoms with Crippen molar-refractivity contribution in [3.8, 4) is 0 Å². The van der Waals surface area contributed by atoms with Crippen LogP contribution < -0.4 is 5.32 Å². The highest BCUT2D eigenvalue weighted by atomic mass is 19.4. The summed E-state index contributed by atoms with van der Waals surface area (Å²) in [4.78, 5) is 24.3. The van der Waals surface area contributed by atoms with Gasteiger partial charge in [0.15, 0.2) is 0 Å². The van der Waals surface area contributed by atoms with Gasteiger partial charge in [0.25, 0.3) is 5.91 Å². The van der Waals surface area contributed by atoms with Gasteiger partial charge in [-0.15, -0.1) is 0 Å². The fourth-order valence-corrected chi connectivity index (χ4v) is 4.25. The largest absolute Gasteiger partial charge is 0.490 e. The van der Waals surface area contributed by atoms with E-state index in [0.29, 0.717) is 5.69 Å². The molecular weight excluding hydrogens is 449 g/mol. The number of carboxylic acids is 1. The maximum Gasteiger partial charge on any atom is 0.490 e. The minimum absolute atomic E-state index is 0.0861. The van der Waals surface area contributed by atoms with Crippen molar-refractivity contribution in [2.45, 2.75) is 64.1 Å². The van der Waals surface area contributed by atoms with Crippen molar-refractivity contribution in [2.24, 2.45) is 7.05 Å². The Morgan fingerprint density at radius 2 is 1.79 bits per heavy atom. The molecule has 0 radical (unpaired) electrons. The summed E-state index contributed by atoms with van der Waals surface area (Å²) in [6.07, 6.45) is 3.14. The van der Waals surface area contributed by atoms with E-state index in [0.717, 1.165) is 49.7 Å². The van der Waals surface area contributed by atoms with Gasteiger partial charge in [0, 0.05) is 31.9 Å². The topological polar surface area (TPSA) is 87.5 Å². The zero-order valence-electron chi connectivity index (χ0n) is 19.5. The summed E-state index contributed by atoms with van der Waals surface area (Å²) < 4.78 is 33.4. The first-order chi connectivity index (χ1) is 16.1.